The maximum absolute atomic E-state index is 13.5. The summed E-state index contributed by atoms with van der Waals surface area (Å²) in [5.74, 6) is -0.659. The second-order valence-corrected chi connectivity index (χ2v) is 9.72. The number of nitrogens with one attached hydrogen (secondary N) is 1. The van der Waals surface area contributed by atoms with E-state index in [0.29, 0.717) is 11.5 Å². The maximum atomic E-state index is 13.5. The molecule has 0 aliphatic rings. The summed E-state index contributed by atoms with van der Waals surface area (Å²) in [5.41, 5.74) is 3.41. The van der Waals surface area contributed by atoms with E-state index in [1.54, 1.807) is 24.3 Å². The van der Waals surface area contributed by atoms with Gasteiger partial charge in [-0.2, -0.15) is 4.31 Å². The number of benzene rings is 2. The zero-order chi connectivity index (χ0) is 24.7. The van der Waals surface area contributed by atoms with Crippen molar-refractivity contribution in [2.24, 2.45) is 0 Å². The predicted octanol–water partition coefficient (Wildman–Crippen LogP) is 4.45. The van der Waals surface area contributed by atoms with Gasteiger partial charge >= 0.3 is 5.97 Å². The number of sulfonamides is 1. The molecule has 10 heteroatoms. The molecule has 0 spiro atoms. The van der Waals surface area contributed by atoms with Gasteiger partial charge in [0.15, 0.2) is 0 Å². The van der Waals surface area contributed by atoms with Crippen LogP contribution in [0, 0.1) is 0 Å². The Kier molecular flexibility index (Phi) is 9.13. The number of hydrogen-bond acceptors (Lipinski definition) is 6. The summed E-state index contributed by atoms with van der Waals surface area (Å²) >= 11 is 0. The number of aliphatic carboxylic acids is 1. The molecule has 0 aliphatic heterocycles. The Balaban J connectivity index is 0.00000361. The number of nitrogens with zero attached hydrogens (tertiary/aromatic N) is 3. The van der Waals surface area contributed by atoms with Gasteiger partial charge < -0.3 is 10.4 Å². The van der Waals surface area contributed by atoms with Crippen LogP contribution in [0.1, 0.15) is 11.3 Å². The molecule has 0 bridgehead atoms. The molecule has 4 rings (SSSR count). The molecule has 0 radical (unpaired) electrons. The highest BCUT2D eigenvalue weighted by molar-refractivity contribution is 7.89. The van der Waals surface area contributed by atoms with Crippen LogP contribution in [0.25, 0.3) is 11.1 Å². The summed E-state index contributed by atoms with van der Waals surface area (Å²) in [4.78, 5) is 19.3. The minimum atomic E-state index is -3.88. The normalized spacial score (nSPS) is 11.0. The molecule has 0 atom stereocenters. The van der Waals surface area contributed by atoms with E-state index in [9.17, 15) is 13.2 Å². The van der Waals surface area contributed by atoms with Gasteiger partial charge in [0.25, 0.3) is 0 Å². The molecule has 2 heterocycles. The summed E-state index contributed by atoms with van der Waals surface area (Å²) < 4.78 is 28.3. The van der Waals surface area contributed by atoms with Crippen LogP contribution in [-0.4, -0.2) is 40.3 Å². The average molecular weight is 525 g/mol. The molecule has 2 N–H and O–H groups in total. The van der Waals surface area contributed by atoms with Gasteiger partial charge in [-0.25, -0.2) is 13.4 Å². The number of carbonyl (C=O) groups is 1. The number of carboxylic acid groups (broad SMARTS) is 1. The van der Waals surface area contributed by atoms with E-state index in [1.165, 1.54) is 22.8 Å². The van der Waals surface area contributed by atoms with Crippen LogP contribution in [0.4, 0.5) is 5.82 Å². The molecule has 186 valence electrons. The summed E-state index contributed by atoms with van der Waals surface area (Å²) in [7, 11) is -3.88. The SMILES string of the molecule is Cl.O=C(O)CNc1cccc(CN(Cc2ccc(-c3ccccc3)cc2)S(=O)(=O)c2cccnc2)n1. The van der Waals surface area contributed by atoms with Crippen molar-refractivity contribution in [2.75, 3.05) is 11.9 Å². The lowest BCUT2D eigenvalue weighted by atomic mass is 10.0. The van der Waals surface area contributed by atoms with Gasteiger partial charge in [0.1, 0.15) is 17.3 Å². The van der Waals surface area contributed by atoms with Crippen LogP contribution in [0.3, 0.4) is 0 Å². The monoisotopic (exact) mass is 524 g/mol. The predicted molar refractivity (Wildman–Crippen MR) is 140 cm³/mol. The summed E-state index contributed by atoms with van der Waals surface area (Å²) in [6.45, 7) is -0.164. The van der Waals surface area contributed by atoms with E-state index in [1.807, 2.05) is 54.6 Å². The maximum Gasteiger partial charge on any atom is 0.322 e. The third kappa shape index (κ3) is 6.88. The van der Waals surface area contributed by atoms with Gasteiger partial charge in [-0.15, -0.1) is 12.4 Å². The Morgan fingerprint density at radius 2 is 1.58 bits per heavy atom. The van der Waals surface area contributed by atoms with Crippen molar-refractivity contribution in [1.29, 1.82) is 0 Å². The quantitative estimate of drug-likeness (QED) is 0.315. The Morgan fingerprint density at radius 3 is 2.25 bits per heavy atom. The molecule has 0 fully saturated rings. The lowest BCUT2D eigenvalue weighted by Crippen LogP contribution is -2.30. The van der Waals surface area contributed by atoms with E-state index in [-0.39, 0.29) is 36.9 Å². The number of halogens is 1. The second-order valence-electron chi connectivity index (χ2n) is 7.79. The van der Waals surface area contributed by atoms with Gasteiger partial charge in [0.2, 0.25) is 10.0 Å². The molecule has 0 saturated carbocycles. The lowest BCUT2D eigenvalue weighted by Gasteiger charge is -2.22. The first-order valence-corrected chi connectivity index (χ1v) is 12.3. The first kappa shape index (κ1) is 26.8. The first-order chi connectivity index (χ1) is 16.9. The van der Waals surface area contributed by atoms with Gasteiger partial charge in [0.05, 0.1) is 12.2 Å². The van der Waals surface area contributed by atoms with Crippen molar-refractivity contribution in [3.63, 3.8) is 0 Å². The highest BCUT2D eigenvalue weighted by Gasteiger charge is 2.26. The van der Waals surface area contributed by atoms with Crippen molar-refractivity contribution >= 4 is 34.2 Å². The Hall–Kier alpha value is -3.79. The minimum absolute atomic E-state index is 0. The first-order valence-electron chi connectivity index (χ1n) is 10.9. The molecule has 0 amide bonds. The van der Waals surface area contributed by atoms with Crippen molar-refractivity contribution < 1.29 is 18.3 Å². The van der Waals surface area contributed by atoms with E-state index < -0.39 is 16.0 Å². The molecule has 0 saturated heterocycles. The zero-order valence-corrected chi connectivity index (χ0v) is 20.8. The molecule has 4 aromatic rings. The largest absolute Gasteiger partial charge is 0.480 e. The van der Waals surface area contributed by atoms with Crippen molar-refractivity contribution in [1.82, 2.24) is 14.3 Å². The number of rotatable bonds is 10. The number of aromatic nitrogens is 2. The van der Waals surface area contributed by atoms with Crippen LogP contribution >= 0.6 is 12.4 Å². The Labute approximate surface area is 216 Å². The van der Waals surface area contributed by atoms with Crippen molar-refractivity contribution in [3.05, 3.63) is 109 Å². The number of anilines is 1. The van der Waals surface area contributed by atoms with E-state index in [0.717, 1.165) is 16.7 Å². The highest BCUT2D eigenvalue weighted by Crippen LogP contribution is 2.23. The van der Waals surface area contributed by atoms with Crippen LogP contribution < -0.4 is 5.32 Å². The third-order valence-electron chi connectivity index (χ3n) is 5.26. The molecule has 8 nitrogen and oxygen atoms in total. The number of carboxylic acids is 1. The summed E-state index contributed by atoms with van der Waals surface area (Å²) in [5, 5.41) is 11.6. The third-order valence-corrected chi connectivity index (χ3v) is 7.03. The molecule has 0 unspecified atom stereocenters. The number of pyridine rings is 2. The molecule has 0 aliphatic carbocycles. The van der Waals surface area contributed by atoms with Crippen molar-refractivity contribution in [3.8, 4) is 11.1 Å². The smallest absolute Gasteiger partial charge is 0.322 e. The second kappa shape index (κ2) is 12.3. The van der Waals surface area contributed by atoms with Crippen LogP contribution in [0.2, 0.25) is 0 Å². The molecule has 36 heavy (non-hydrogen) atoms. The topological polar surface area (TPSA) is 112 Å². The highest BCUT2D eigenvalue weighted by atomic mass is 35.5. The van der Waals surface area contributed by atoms with E-state index in [2.05, 4.69) is 15.3 Å². The van der Waals surface area contributed by atoms with Gasteiger partial charge in [0, 0.05) is 18.9 Å². The fourth-order valence-corrected chi connectivity index (χ4v) is 4.89. The molecular weight excluding hydrogens is 500 g/mol. The van der Waals surface area contributed by atoms with Crippen molar-refractivity contribution in [2.45, 2.75) is 18.0 Å². The fraction of sp³-hybridized carbons (Fsp3) is 0.115. The lowest BCUT2D eigenvalue weighted by molar-refractivity contribution is -0.134. The van der Waals surface area contributed by atoms with E-state index in [4.69, 9.17) is 5.11 Å². The summed E-state index contributed by atoms with van der Waals surface area (Å²) in [6, 6.07) is 25.8. The summed E-state index contributed by atoms with van der Waals surface area (Å²) in [6.07, 6.45) is 2.84. The van der Waals surface area contributed by atoms with Gasteiger partial charge in [-0.1, -0.05) is 60.7 Å². The zero-order valence-electron chi connectivity index (χ0n) is 19.2. The molecule has 2 aromatic carbocycles. The van der Waals surface area contributed by atoms with Crippen LogP contribution in [-0.2, 0) is 27.9 Å². The van der Waals surface area contributed by atoms with E-state index >= 15 is 0 Å². The standard InChI is InChI=1S/C26H24N4O4S.ClH/c31-26(32)17-28-25-10-4-8-23(29-25)19-30(35(33,34)24-9-5-15-27-16-24)18-20-11-13-22(14-12-20)21-6-2-1-3-7-21;/h1-16H,17-19H2,(H,28,29)(H,31,32);1H. The Bertz CT molecular complexity index is 1390. The molecular formula is C26H25ClN4O4S. The molecule has 2 aromatic heterocycles. The number of hydrogen-bond donors (Lipinski definition) is 2. The minimum Gasteiger partial charge on any atom is -0.480 e. The fourth-order valence-electron chi connectivity index (χ4n) is 3.52. The van der Waals surface area contributed by atoms with Crippen LogP contribution in [0.5, 0.6) is 0 Å². The average Bonchev–Trinajstić information content (AvgIpc) is 2.89. The van der Waals surface area contributed by atoms with Gasteiger partial charge in [-0.3, -0.25) is 9.78 Å². The van der Waals surface area contributed by atoms with Gasteiger partial charge in [-0.05, 0) is 41.0 Å². The Morgan fingerprint density at radius 1 is 0.861 bits per heavy atom. The van der Waals surface area contributed by atoms with Crippen LogP contribution in [0.15, 0.2) is 102 Å².